The standard InChI is InChI=1S/C20H32N2O2.ClH/c1-4-23-19-11-17(5-6-18(19)24-13-16(2)3)12-22-10-8-20(15-22)7-9-21-14-20;/h5-6,11,16,21H,4,7-10,12-15H2,1-3H3;1H. The summed E-state index contributed by atoms with van der Waals surface area (Å²) >= 11 is 0. The van der Waals surface area contributed by atoms with E-state index in [9.17, 15) is 0 Å². The third-order valence-electron chi connectivity index (χ3n) is 5.14. The van der Waals surface area contributed by atoms with Crippen molar-refractivity contribution >= 4 is 12.4 Å². The van der Waals surface area contributed by atoms with Crippen LogP contribution in [0.25, 0.3) is 0 Å². The van der Waals surface area contributed by atoms with Crippen molar-refractivity contribution in [2.45, 2.75) is 40.2 Å². The van der Waals surface area contributed by atoms with Gasteiger partial charge in [0.25, 0.3) is 0 Å². The second-order valence-corrected chi connectivity index (χ2v) is 7.81. The monoisotopic (exact) mass is 368 g/mol. The summed E-state index contributed by atoms with van der Waals surface area (Å²) in [7, 11) is 0. The molecule has 1 atom stereocenters. The zero-order chi connectivity index (χ0) is 17.0. The Morgan fingerprint density at radius 1 is 1.20 bits per heavy atom. The molecule has 2 aliphatic rings. The molecule has 2 heterocycles. The summed E-state index contributed by atoms with van der Waals surface area (Å²) in [4.78, 5) is 2.59. The Balaban J connectivity index is 0.00000225. The van der Waals surface area contributed by atoms with Crippen LogP contribution >= 0.6 is 12.4 Å². The maximum atomic E-state index is 5.91. The largest absolute Gasteiger partial charge is 0.490 e. The van der Waals surface area contributed by atoms with Gasteiger partial charge in [-0.25, -0.2) is 0 Å². The molecule has 0 aliphatic carbocycles. The second-order valence-electron chi connectivity index (χ2n) is 7.81. The molecular weight excluding hydrogens is 336 g/mol. The molecule has 1 spiro atoms. The van der Waals surface area contributed by atoms with Gasteiger partial charge in [0, 0.05) is 19.6 Å². The molecule has 0 bridgehead atoms. The lowest BCUT2D eigenvalue weighted by Gasteiger charge is -2.23. The third kappa shape index (κ3) is 5.25. The van der Waals surface area contributed by atoms with Gasteiger partial charge < -0.3 is 14.8 Å². The van der Waals surface area contributed by atoms with Crippen molar-refractivity contribution in [1.29, 1.82) is 0 Å². The number of nitrogens with one attached hydrogen (secondary N) is 1. The number of hydrogen-bond donors (Lipinski definition) is 1. The smallest absolute Gasteiger partial charge is 0.161 e. The molecule has 0 aromatic heterocycles. The molecule has 2 saturated heterocycles. The van der Waals surface area contributed by atoms with Crippen molar-refractivity contribution in [2.75, 3.05) is 39.4 Å². The summed E-state index contributed by atoms with van der Waals surface area (Å²) in [6, 6.07) is 6.43. The summed E-state index contributed by atoms with van der Waals surface area (Å²) < 4.78 is 11.7. The van der Waals surface area contributed by atoms with E-state index in [0.29, 0.717) is 17.9 Å². The van der Waals surface area contributed by atoms with E-state index in [1.807, 2.05) is 6.92 Å². The van der Waals surface area contributed by atoms with Crippen LogP contribution in [0.15, 0.2) is 18.2 Å². The Morgan fingerprint density at radius 2 is 2.04 bits per heavy atom. The van der Waals surface area contributed by atoms with Crippen molar-refractivity contribution in [1.82, 2.24) is 10.2 Å². The highest BCUT2D eigenvalue weighted by atomic mass is 35.5. The van der Waals surface area contributed by atoms with Crippen LogP contribution in [0.4, 0.5) is 0 Å². The molecule has 0 radical (unpaired) electrons. The van der Waals surface area contributed by atoms with Gasteiger partial charge in [-0.1, -0.05) is 19.9 Å². The van der Waals surface area contributed by atoms with Gasteiger partial charge in [0.15, 0.2) is 11.5 Å². The first kappa shape index (κ1) is 20.3. The van der Waals surface area contributed by atoms with Crippen LogP contribution < -0.4 is 14.8 Å². The van der Waals surface area contributed by atoms with Gasteiger partial charge in [-0.2, -0.15) is 0 Å². The van der Waals surface area contributed by atoms with Crippen LogP contribution in [0, 0.1) is 11.3 Å². The van der Waals surface area contributed by atoms with Gasteiger partial charge in [-0.15, -0.1) is 12.4 Å². The summed E-state index contributed by atoms with van der Waals surface area (Å²) in [6.45, 7) is 13.5. The molecule has 1 unspecified atom stereocenters. The van der Waals surface area contributed by atoms with E-state index >= 15 is 0 Å². The van der Waals surface area contributed by atoms with Gasteiger partial charge in [0.2, 0.25) is 0 Å². The van der Waals surface area contributed by atoms with Crippen LogP contribution in [0.1, 0.15) is 39.2 Å². The Kier molecular flexibility index (Phi) is 7.41. The number of ether oxygens (including phenoxy) is 2. The molecule has 0 saturated carbocycles. The highest BCUT2D eigenvalue weighted by Gasteiger charge is 2.40. The predicted molar refractivity (Wildman–Crippen MR) is 105 cm³/mol. The van der Waals surface area contributed by atoms with Gasteiger partial charge in [0.05, 0.1) is 13.2 Å². The Hall–Kier alpha value is -0.970. The summed E-state index contributed by atoms with van der Waals surface area (Å²) in [6.07, 6.45) is 2.66. The topological polar surface area (TPSA) is 33.7 Å². The molecule has 0 amide bonds. The number of benzene rings is 1. The molecule has 5 heteroatoms. The molecule has 142 valence electrons. The minimum Gasteiger partial charge on any atom is -0.490 e. The second kappa shape index (κ2) is 9.11. The molecule has 25 heavy (non-hydrogen) atoms. The first-order valence-electron chi connectivity index (χ1n) is 9.42. The van der Waals surface area contributed by atoms with Gasteiger partial charge >= 0.3 is 0 Å². The third-order valence-corrected chi connectivity index (χ3v) is 5.14. The number of likely N-dealkylation sites (tertiary alicyclic amines) is 1. The number of nitrogens with zero attached hydrogens (tertiary/aromatic N) is 1. The van der Waals surface area contributed by atoms with Crippen molar-refractivity contribution in [3.8, 4) is 11.5 Å². The number of hydrogen-bond acceptors (Lipinski definition) is 4. The molecule has 1 aromatic carbocycles. The van der Waals surface area contributed by atoms with Crippen LogP contribution in [0.3, 0.4) is 0 Å². The van der Waals surface area contributed by atoms with Crippen LogP contribution in [-0.2, 0) is 6.54 Å². The van der Waals surface area contributed by atoms with E-state index < -0.39 is 0 Å². The van der Waals surface area contributed by atoms with Crippen molar-refractivity contribution in [3.63, 3.8) is 0 Å². The van der Waals surface area contributed by atoms with E-state index in [1.54, 1.807) is 0 Å². The van der Waals surface area contributed by atoms with Crippen molar-refractivity contribution in [2.24, 2.45) is 11.3 Å². The van der Waals surface area contributed by atoms with Crippen LogP contribution in [0.5, 0.6) is 11.5 Å². The van der Waals surface area contributed by atoms with Crippen LogP contribution in [-0.4, -0.2) is 44.3 Å². The number of rotatable bonds is 7. The highest BCUT2D eigenvalue weighted by molar-refractivity contribution is 5.85. The van der Waals surface area contributed by atoms with E-state index in [4.69, 9.17) is 9.47 Å². The van der Waals surface area contributed by atoms with E-state index in [1.165, 1.54) is 44.6 Å². The highest BCUT2D eigenvalue weighted by Crippen LogP contribution is 2.37. The molecule has 1 aromatic rings. The Morgan fingerprint density at radius 3 is 2.72 bits per heavy atom. The maximum absolute atomic E-state index is 5.91. The molecule has 2 aliphatic heterocycles. The lowest BCUT2D eigenvalue weighted by atomic mass is 9.86. The zero-order valence-corrected chi connectivity index (χ0v) is 16.7. The van der Waals surface area contributed by atoms with E-state index in [2.05, 4.69) is 42.3 Å². The summed E-state index contributed by atoms with van der Waals surface area (Å²) in [5.74, 6) is 2.26. The van der Waals surface area contributed by atoms with Gasteiger partial charge in [-0.05, 0) is 61.9 Å². The zero-order valence-electron chi connectivity index (χ0n) is 15.8. The van der Waals surface area contributed by atoms with Crippen molar-refractivity contribution < 1.29 is 9.47 Å². The Labute approximate surface area is 158 Å². The lowest BCUT2D eigenvalue weighted by molar-refractivity contribution is 0.246. The average molecular weight is 369 g/mol. The minimum absolute atomic E-state index is 0. The summed E-state index contributed by atoms with van der Waals surface area (Å²) in [5.41, 5.74) is 1.85. The van der Waals surface area contributed by atoms with Gasteiger partial charge in [-0.3, -0.25) is 4.90 Å². The lowest BCUT2D eigenvalue weighted by Crippen LogP contribution is -2.28. The fourth-order valence-corrected chi connectivity index (χ4v) is 3.86. The van der Waals surface area contributed by atoms with E-state index in [0.717, 1.165) is 24.7 Å². The fourth-order valence-electron chi connectivity index (χ4n) is 3.86. The molecule has 1 N–H and O–H groups in total. The molecule has 4 nitrogen and oxygen atoms in total. The Bertz CT molecular complexity index is 544. The van der Waals surface area contributed by atoms with Crippen LogP contribution in [0.2, 0.25) is 0 Å². The predicted octanol–water partition coefficient (Wildman–Crippen LogP) is 3.73. The first-order chi connectivity index (χ1) is 11.6. The van der Waals surface area contributed by atoms with Gasteiger partial charge in [0.1, 0.15) is 0 Å². The van der Waals surface area contributed by atoms with E-state index in [-0.39, 0.29) is 12.4 Å². The average Bonchev–Trinajstić information content (AvgIpc) is 3.17. The SMILES string of the molecule is CCOc1cc(CN2CCC3(CCNC3)C2)ccc1OCC(C)C.Cl. The molecule has 3 rings (SSSR count). The maximum Gasteiger partial charge on any atom is 0.161 e. The normalized spacial score (nSPS) is 23.2. The quantitative estimate of drug-likeness (QED) is 0.795. The minimum atomic E-state index is 0. The summed E-state index contributed by atoms with van der Waals surface area (Å²) in [5, 5.41) is 3.53. The first-order valence-corrected chi connectivity index (χ1v) is 9.42. The molecule has 2 fully saturated rings. The number of halogens is 1. The molecular formula is C20H33ClN2O2. The van der Waals surface area contributed by atoms with Crippen molar-refractivity contribution in [3.05, 3.63) is 23.8 Å². The fraction of sp³-hybridized carbons (Fsp3) is 0.700.